The summed E-state index contributed by atoms with van der Waals surface area (Å²) in [5.74, 6) is 3.09. The van der Waals surface area contributed by atoms with Gasteiger partial charge >= 0.3 is 0 Å². The first kappa shape index (κ1) is 18.1. The van der Waals surface area contributed by atoms with E-state index in [1.54, 1.807) is 0 Å². The van der Waals surface area contributed by atoms with Crippen molar-refractivity contribution in [2.24, 2.45) is 5.92 Å². The summed E-state index contributed by atoms with van der Waals surface area (Å²) in [4.78, 5) is 22.5. The summed E-state index contributed by atoms with van der Waals surface area (Å²) in [6.07, 6.45) is 7.86. The molecular weight excluding hydrogens is 376 g/mol. The van der Waals surface area contributed by atoms with Crippen LogP contribution >= 0.6 is 0 Å². The number of hydrogen-bond donors (Lipinski definition) is 0. The van der Waals surface area contributed by atoms with E-state index in [0.717, 1.165) is 73.8 Å². The van der Waals surface area contributed by atoms with E-state index in [-0.39, 0.29) is 5.92 Å². The van der Waals surface area contributed by atoms with E-state index < -0.39 is 0 Å². The Bertz CT molecular complexity index is 1100. The minimum absolute atomic E-state index is 0.251. The van der Waals surface area contributed by atoms with Gasteiger partial charge in [-0.3, -0.25) is 4.79 Å². The third-order valence-corrected chi connectivity index (χ3v) is 6.99. The van der Waals surface area contributed by atoms with Gasteiger partial charge < -0.3 is 9.80 Å². The van der Waals surface area contributed by atoms with Gasteiger partial charge in [0, 0.05) is 43.4 Å². The topological polar surface area (TPSA) is 66.6 Å². The molecule has 0 spiro atoms. The second-order valence-corrected chi connectivity index (χ2v) is 9.07. The number of nitrogens with zero attached hydrogens (tertiary/aromatic N) is 6. The summed E-state index contributed by atoms with van der Waals surface area (Å²) in [6, 6.07) is 8.20. The molecule has 156 valence electrons. The third-order valence-electron chi connectivity index (χ3n) is 6.99. The molecular formula is C23H28N6O. The molecule has 7 heteroatoms. The Morgan fingerprint density at radius 1 is 0.900 bits per heavy atom. The number of aromatic nitrogens is 4. The summed E-state index contributed by atoms with van der Waals surface area (Å²) in [7, 11) is 0. The highest BCUT2D eigenvalue weighted by molar-refractivity contribution is 5.92. The zero-order valence-electron chi connectivity index (χ0n) is 17.3. The molecule has 2 aliphatic carbocycles. The number of para-hydroxylation sites is 1. The molecule has 2 saturated carbocycles. The molecule has 30 heavy (non-hydrogen) atoms. The molecule has 0 unspecified atom stereocenters. The highest BCUT2D eigenvalue weighted by atomic mass is 16.2. The van der Waals surface area contributed by atoms with Crippen LogP contribution in [0.2, 0.25) is 0 Å². The molecule has 1 amide bonds. The van der Waals surface area contributed by atoms with Crippen molar-refractivity contribution in [2.45, 2.75) is 50.9 Å². The van der Waals surface area contributed by atoms with E-state index in [2.05, 4.69) is 36.5 Å². The molecule has 0 bridgehead atoms. The number of fused-ring (bicyclic) bond motifs is 3. The molecule has 1 saturated heterocycles. The predicted molar refractivity (Wildman–Crippen MR) is 116 cm³/mol. The zero-order valence-corrected chi connectivity index (χ0v) is 17.3. The van der Waals surface area contributed by atoms with Crippen LogP contribution in [0.1, 0.15) is 56.7 Å². The Labute approximate surface area is 176 Å². The van der Waals surface area contributed by atoms with Gasteiger partial charge in [-0.25, -0.2) is 9.38 Å². The van der Waals surface area contributed by atoms with Gasteiger partial charge in [-0.05, 0) is 44.2 Å². The molecule has 1 aromatic carbocycles. The van der Waals surface area contributed by atoms with Crippen molar-refractivity contribution in [3.63, 3.8) is 0 Å². The standard InChI is InChI=1S/C23H28N6O/c30-22(17-6-1-2-7-17)27-12-5-13-28(15-14-27)23-24-19-9-4-3-8-18(19)21-26-25-20(29(21)23)16-10-11-16/h3-4,8-9,16-17H,1-2,5-7,10-15H2. The van der Waals surface area contributed by atoms with E-state index in [1.165, 1.54) is 25.7 Å². The molecule has 1 aliphatic heterocycles. The highest BCUT2D eigenvalue weighted by Gasteiger charge is 2.33. The fourth-order valence-electron chi connectivity index (χ4n) is 5.17. The largest absolute Gasteiger partial charge is 0.341 e. The molecule has 6 rings (SSSR count). The maximum absolute atomic E-state index is 13.0. The van der Waals surface area contributed by atoms with Crippen LogP contribution in [0.4, 0.5) is 5.95 Å². The molecule has 0 radical (unpaired) electrons. The summed E-state index contributed by atoms with van der Waals surface area (Å²) >= 11 is 0. The number of carbonyl (C=O) groups is 1. The fourth-order valence-corrected chi connectivity index (χ4v) is 5.17. The molecule has 2 aromatic heterocycles. The first-order valence-corrected chi connectivity index (χ1v) is 11.5. The van der Waals surface area contributed by atoms with Crippen LogP contribution in [0, 0.1) is 5.92 Å². The Morgan fingerprint density at radius 3 is 2.57 bits per heavy atom. The van der Waals surface area contributed by atoms with Crippen molar-refractivity contribution in [1.82, 2.24) is 24.5 Å². The van der Waals surface area contributed by atoms with Crippen molar-refractivity contribution in [3.8, 4) is 0 Å². The van der Waals surface area contributed by atoms with Gasteiger partial charge in [0.05, 0.1) is 5.52 Å². The van der Waals surface area contributed by atoms with Crippen LogP contribution in [0.25, 0.3) is 16.6 Å². The van der Waals surface area contributed by atoms with Gasteiger partial charge in [0.2, 0.25) is 11.9 Å². The quantitative estimate of drug-likeness (QED) is 0.669. The van der Waals surface area contributed by atoms with Gasteiger partial charge in [-0.15, -0.1) is 10.2 Å². The molecule has 0 atom stereocenters. The highest BCUT2D eigenvalue weighted by Crippen LogP contribution is 2.40. The van der Waals surface area contributed by atoms with Gasteiger partial charge in [0.15, 0.2) is 5.65 Å². The number of carbonyl (C=O) groups excluding carboxylic acids is 1. The second-order valence-electron chi connectivity index (χ2n) is 9.07. The van der Waals surface area contributed by atoms with E-state index in [4.69, 9.17) is 4.98 Å². The van der Waals surface area contributed by atoms with Crippen LogP contribution in [0.15, 0.2) is 24.3 Å². The Kier molecular flexibility index (Phi) is 4.35. The predicted octanol–water partition coefficient (Wildman–Crippen LogP) is 3.38. The van der Waals surface area contributed by atoms with Crippen LogP contribution in [0.3, 0.4) is 0 Å². The lowest BCUT2D eigenvalue weighted by molar-refractivity contribution is -0.135. The summed E-state index contributed by atoms with van der Waals surface area (Å²) in [5, 5.41) is 10.2. The minimum Gasteiger partial charge on any atom is -0.341 e. The Balaban J connectivity index is 1.35. The van der Waals surface area contributed by atoms with Crippen molar-refractivity contribution >= 4 is 28.4 Å². The van der Waals surface area contributed by atoms with E-state index in [0.29, 0.717) is 11.8 Å². The second kappa shape index (κ2) is 7.22. The minimum atomic E-state index is 0.251. The molecule has 3 heterocycles. The lowest BCUT2D eigenvalue weighted by Crippen LogP contribution is -2.38. The van der Waals surface area contributed by atoms with Crippen LogP contribution in [-0.4, -0.2) is 56.6 Å². The van der Waals surface area contributed by atoms with Gasteiger partial charge in [-0.2, -0.15) is 0 Å². The number of anilines is 1. The van der Waals surface area contributed by atoms with Crippen LogP contribution in [0.5, 0.6) is 0 Å². The van der Waals surface area contributed by atoms with Gasteiger partial charge in [0.1, 0.15) is 5.82 Å². The van der Waals surface area contributed by atoms with E-state index >= 15 is 0 Å². The summed E-state index contributed by atoms with van der Waals surface area (Å²) in [5.41, 5.74) is 1.86. The van der Waals surface area contributed by atoms with E-state index in [9.17, 15) is 4.79 Å². The summed E-state index contributed by atoms with van der Waals surface area (Å²) in [6.45, 7) is 3.32. The van der Waals surface area contributed by atoms with Crippen LogP contribution in [-0.2, 0) is 4.79 Å². The molecule has 7 nitrogen and oxygen atoms in total. The van der Waals surface area contributed by atoms with Crippen LogP contribution < -0.4 is 4.90 Å². The molecule has 3 aliphatic rings. The number of rotatable bonds is 3. The van der Waals surface area contributed by atoms with Gasteiger partial charge in [-0.1, -0.05) is 25.0 Å². The van der Waals surface area contributed by atoms with E-state index in [1.807, 2.05) is 12.1 Å². The van der Waals surface area contributed by atoms with Crippen molar-refractivity contribution in [2.75, 3.05) is 31.1 Å². The normalized spacial score (nSPS) is 20.9. The number of hydrogen-bond acceptors (Lipinski definition) is 5. The first-order valence-electron chi connectivity index (χ1n) is 11.5. The maximum Gasteiger partial charge on any atom is 0.225 e. The lowest BCUT2D eigenvalue weighted by atomic mass is 10.1. The van der Waals surface area contributed by atoms with Crippen molar-refractivity contribution in [3.05, 3.63) is 30.1 Å². The Morgan fingerprint density at radius 2 is 1.73 bits per heavy atom. The zero-order chi connectivity index (χ0) is 20.1. The first-order chi connectivity index (χ1) is 14.8. The third kappa shape index (κ3) is 3.02. The maximum atomic E-state index is 13.0. The smallest absolute Gasteiger partial charge is 0.225 e. The van der Waals surface area contributed by atoms with Gasteiger partial charge in [0.25, 0.3) is 0 Å². The average molecular weight is 405 g/mol. The molecule has 3 aromatic rings. The van der Waals surface area contributed by atoms with Crippen molar-refractivity contribution in [1.29, 1.82) is 0 Å². The fraction of sp³-hybridized carbons (Fsp3) is 0.565. The molecule has 3 fully saturated rings. The SMILES string of the molecule is O=C(C1CCCC1)N1CCCN(c2nc3ccccc3c3nnc(C4CC4)n23)CC1. The lowest BCUT2D eigenvalue weighted by Gasteiger charge is -2.25. The summed E-state index contributed by atoms with van der Waals surface area (Å²) < 4.78 is 2.19. The monoisotopic (exact) mass is 404 g/mol. The number of amides is 1. The Hall–Kier alpha value is -2.70. The number of benzene rings is 1. The van der Waals surface area contributed by atoms with Crippen molar-refractivity contribution < 1.29 is 4.79 Å². The average Bonchev–Trinajstić information content (AvgIpc) is 3.37. The molecule has 0 N–H and O–H groups in total.